The van der Waals surface area contributed by atoms with Crippen molar-refractivity contribution in [3.63, 3.8) is 0 Å². The van der Waals surface area contributed by atoms with Crippen LogP contribution in [-0.4, -0.2) is 45.9 Å². The zero-order valence-electron chi connectivity index (χ0n) is 6.52. The number of carboxylic acid groups (broad SMARTS) is 2. The zero-order chi connectivity index (χ0) is 9.72. The Kier molecular flexibility index (Phi) is 4.24. The summed E-state index contributed by atoms with van der Waals surface area (Å²) in [4.78, 5) is 20.3. The second kappa shape index (κ2) is 4.68. The van der Waals surface area contributed by atoms with Crippen molar-refractivity contribution in [2.45, 2.75) is 19.1 Å². The second-order valence-corrected chi connectivity index (χ2v) is 2.33. The van der Waals surface area contributed by atoms with Crippen LogP contribution in [0.25, 0.3) is 0 Å². The molecule has 2 atom stereocenters. The van der Waals surface area contributed by atoms with Gasteiger partial charge in [-0.1, -0.05) is 0 Å². The number of aliphatic hydroxyl groups is 1. The molecule has 2 unspecified atom stereocenters. The molecule has 70 valence electrons. The molecule has 0 aliphatic carbocycles. The lowest BCUT2D eigenvalue weighted by Crippen LogP contribution is -2.46. The lowest BCUT2D eigenvalue weighted by molar-refractivity contribution is -0.142. The van der Waals surface area contributed by atoms with E-state index in [0.29, 0.717) is 0 Å². The van der Waals surface area contributed by atoms with Crippen molar-refractivity contribution < 1.29 is 24.9 Å². The third-order valence-corrected chi connectivity index (χ3v) is 1.22. The number of hydrogen-bond acceptors (Lipinski definition) is 4. The molecule has 6 nitrogen and oxygen atoms in total. The van der Waals surface area contributed by atoms with Gasteiger partial charge in [0.25, 0.3) is 0 Å². The van der Waals surface area contributed by atoms with Gasteiger partial charge in [0.15, 0.2) is 0 Å². The van der Waals surface area contributed by atoms with E-state index in [9.17, 15) is 9.59 Å². The van der Waals surface area contributed by atoms with E-state index in [1.54, 1.807) is 0 Å². The van der Waals surface area contributed by atoms with Crippen molar-refractivity contribution in [3.05, 3.63) is 0 Å². The van der Waals surface area contributed by atoms with Crippen LogP contribution in [0.2, 0.25) is 0 Å². The smallest absolute Gasteiger partial charge is 0.323 e. The fraction of sp³-hybridized carbons (Fsp3) is 0.667. The van der Waals surface area contributed by atoms with Crippen LogP contribution >= 0.6 is 0 Å². The minimum absolute atomic E-state index is 0.484. The van der Waals surface area contributed by atoms with Crippen LogP contribution in [0.1, 0.15) is 6.92 Å². The number of aliphatic hydroxyl groups excluding tert-OH is 1. The summed E-state index contributed by atoms with van der Waals surface area (Å²) in [5, 5.41) is 27.7. The van der Waals surface area contributed by atoms with Gasteiger partial charge in [0.1, 0.15) is 6.04 Å². The summed E-state index contributed by atoms with van der Waals surface area (Å²) in [6.45, 7) is 0.787. The summed E-state index contributed by atoms with van der Waals surface area (Å²) in [6, 6.07) is -1.24. The second-order valence-electron chi connectivity index (χ2n) is 2.33. The molecule has 0 rings (SSSR count). The average Bonchev–Trinajstić information content (AvgIpc) is 1.84. The van der Waals surface area contributed by atoms with E-state index >= 15 is 0 Å². The first-order valence-electron chi connectivity index (χ1n) is 3.31. The van der Waals surface area contributed by atoms with Crippen molar-refractivity contribution in [3.8, 4) is 0 Å². The third-order valence-electron chi connectivity index (χ3n) is 1.22. The molecular weight excluding hydrogens is 166 g/mol. The standard InChI is InChI=1S/C6H11NO5/c1-3(8)5(6(11)12)7-2-4(9)10/h3,5,7-8H,2H2,1H3,(H,9,10)(H,11,12). The van der Waals surface area contributed by atoms with Gasteiger partial charge in [0, 0.05) is 0 Å². The number of aliphatic carboxylic acids is 2. The maximum absolute atomic E-state index is 10.3. The monoisotopic (exact) mass is 177 g/mol. The molecular formula is C6H11NO5. The summed E-state index contributed by atoms with van der Waals surface area (Å²) in [6.07, 6.45) is -1.12. The highest BCUT2D eigenvalue weighted by molar-refractivity contribution is 5.76. The molecule has 0 saturated heterocycles. The lowest BCUT2D eigenvalue weighted by atomic mass is 10.2. The molecule has 0 aliphatic rings. The molecule has 0 aliphatic heterocycles. The first kappa shape index (κ1) is 10.9. The van der Waals surface area contributed by atoms with Crippen LogP contribution < -0.4 is 5.32 Å². The maximum atomic E-state index is 10.3. The van der Waals surface area contributed by atoms with Crippen LogP contribution in [0, 0.1) is 0 Å². The predicted octanol–water partition coefficient (Wildman–Crippen LogP) is -1.51. The number of carboxylic acids is 2. The van der Waals surface area contributed by atoms with Gasteiger partial charge in [-0.15, -0.1) is 0 Å². The van der Waals surface area contributed by atoms with Crippen LogP contribution in [-0.2, 0) is 9.59 Å². The van der Waals surface area contributed by atoms with Crippen LogP contribution in [0.15, 0.2) is 0 Å². The van der Waals surface area contributed by atoms with Gasteiger partial charge in [0.2, 0.25) is 0 Å². The Labute approximate surface area is 68.8 Å². The van der Waals surface area contributed by atoms with E-state index < -0.39 is 30.6 Å². The van der Waals surface area contributed by atoms with Gasteiger partial charge in [0.05, 0.1) is 12.6 Å². The highest BCUT2D eigenvalue weighted by Crippen LogP contribution is 1.91. The van der Waals surface area contributed by atoms with Crippen LogP contribution in [0.3, 0.4) is 0 Å². The van der Waals surface area contributed by atoms with Crippen molar-refractivity contribution in [2.75, 3.05) is 6.54 Å². The van der Waals surface area contributed by atoms with Gasteiger partial charge in [-0.05, 0) is 6.92 Å². The Bertz CT molecular complexity index is 179. The molecule has 0 aromatic heterocycles. The predicted molar refractivity (Wildman–Crippen MR) is 38.7 cm³/mol. The van der Waals surface area contributed by atoms with E-state index in [4.69, 9.17) is 15.3 Å². The molecule has 4 N–H and O–H groups in total. The first-order valence-corrected chi connectivity index (χ1v) is 3.31. The number of rotatable bonds is 5. The average molecular weight is 177 g/mol. The molecule has 0 amide bonds. The highest BCUT2D eigenvalue weighted by Gasteiger charge is 2.22. The number of hydrogen-bond donors (Lipinski definition) is 4. The third kappa shape index (κ3) is 3.89. The van der Waals surface area contributed by atoms with Crippen molar-refractivity contribution in [1.29, 1.82) is 0 Å². The Balaban J connectivity index is 3.97. The largest absolute Gasteiger partial charge is 0.480 e. The van der Waals surface area contributed by atoms with E-state index in [1.807, 2.05) is 0 Å². The summed E-state index contributed by atoms with van der Waals surface area (Å²) in [7, 11) is 0. The molecule has 0 heterocycles. The maximum Gasteiger partial charge on any atom is 0.323 e. The molecule has 0 spiro atoms. The molecule has 0 fully saturated rings. The Morgan fingerprint density at radius 2 is 1.92 bits per heavy atom. The normalized spacial score (nSPS) is 15.2. The molecule has 0 aromatic carbocycles. The van der Waals surface area contributed by atoms with E-state index in [2.05, 4.69) is 5.32 Å². The summed E-state index contributed by atoms with van der Waals surface area (Å²) >= 11 is 0. The van der Waals surface area contributed by atoms with Crippen molar-refractivity contribution >= 4 is 11.9 Å². The van der Waals surface area contributed by atoms with Crippen molar-refractivity contribution in [2.24, 2.45) is 0 Å². The van der Waals surface area contributed by atoms with Crippen molar-refractivity contribution in [1.82, 2.24) is 5.32 Å². The summed E-state index contributed by atoms with van der Waals surface area (Å²) in [5.74, 6) is -2.44. The fourth-order valence-corrected chi connectivity index (χ4v) is 0.661. The number of nitrogens with one attached hydrogen (secondary N) is 1. The SMILES string of the molecule is CC(O)C(NCC(=O)O)C(=O)O. The Morgan fingerprint density at radius 1 is 1.42 bits per heavy atom. The summed E-state index contributed by atoms with van der Waals surface area (Å²) in [5.41, 5.74) is 0. The molecule has 0 bridgehead atoms. The number of carbonyl (C=O) groups is 2. The van der Waals surface area contributed by atoms with E-state index in [0.717, 1.165) is 0 Å². The fourth-order valence-electron chi connectivity index (χ4n) is 0.661. The van der Waals surface area contributed by atoms with Crippen LogP contribution in [0.5, 0.6) is 0 Å². The van der Waals surface area contributed by atoms with Gasteiger partial charge < -0.3 is 15.3 Å². The van der Waals surface area contributed by atoms with E-state index in [1.165, 1.54) is 6.92 Å². The lowest BCUT2D eigenvalue weighted by Gasteiger charge is -2.15. The highest BCUT2D eigenvalue weighted by atomic mass is 16.4. The molecule has 0 radical (unpaired) electrons. The first-order chi connectivity index (χ1) is 5.45. The molecule has 0 aromatic rings. The Morgan fingerprint density at radius 3 is 2.17 bits per heavy atom. The van der Waals surface area contributed by atoms with Gasteiger partial charge in [-0.25, -0.2) is 0 Å². The van der Waals surface area contributed by atoms with Gasteiger partial charge in [-0.3, -0.25) is 14.9 Å². The Hall–Kier alpha value is -1.14. The van der Waals surface area contributed by atoms with E-state index in [-0.39, 0.29) is 0 Å². The molecule has 12 heavy (non-hydrogen) atoms. The molecule has 6 heteroatoms. The van der Waals surface area contributed by atoms with Gasteiger partial charge >= 0.3 is 11.9 Å². The molecule has 0 saturated carbocycles. The minimum atomic E-state index is -1.27. The summed E-state index contributed by atoms with van der Waals surface area (Å²) < 4.78 is 0. The quantitative estimate of drug-likeness (QED) is 0.407. The van der Waals surface area contributed by atoms with Gasteiger partial charge in [-0.2, -0.15) is 0 Å². The minimum Gasteiger partial charge on any atom is -0.480 e. The topological polar surface area (TPSA) is 107 Å². The zero-order valence-corrected chi connectivity index (χ0v) is 6.52. The van der Waals surface area contributed by atoms with Crippen LogP contribution in [0.4, 0.5) is 0 Å².